The van der Waals surface area contributed by atoms with E-state index in [4.69, 9.17) is 11.6 Å². The molecule has 1 heterocycles. The summed E-state index contributed by atoms with van der Waals surface area (Å²) in [5.41, 5.74) is 1.66. The summed E-state index contributed by atoms with van der Waals surface area (Å²) >= 11 is 5.92. The van der Waals surface area contributed by atoms with Crippen LogP contribution in [0.25, 0.3) is 0 Å². The van der Waals surface area contributed by atoms with Crippen LogP contribution < -0.4 is 15.3 Å². The largest absolute Gasteiger partial charge is 0.550 e. The standard InChI is InChI=1S/C18H15ClN2O4/c19-12-2-1-3-14(9-12)21-16(22)10-15(18(21)25)20-13-6-4-11(5-7-13)8-17(23)24/h1-7,9,15,20H,8,10H2,(H,23,24)/p-1/t15-/m0/s1. The van der Waals surface area contributed by atoms with Crippen molar-refractivity contribution >= 4 is 40.8 Å². The van der Waals surface area contributed by atoms with Gasteiger partial charge in [-0.2, -0.15) is 0 Å². The SMILES string of the molecule is O=C([O-])Cc1ccc(N[C@H]2CC(=O)N(c3cccc(Cl)c3)C2=O)cc1. The van der Waals surface area contributed by atoms with Gasteiger partial charge in [0.2, 0.25) is 5.91 Å². The Kier molecular flexibility index (Phi) is 4.72. The predicted molar refractivity (Wildman–Crippen MR) is 91.1 cm³/mol. The van der Waals surface area contributed by atoms with Gasteiger partial charge in [-0.25, -0.2) is 4.90 Å². The number of aliphatic carboxylic acids is 1. The van der Waals surface area contributed by atoms with Crippen LogP contribution in [0.1, 0.15) is 12.0 Å². The van der Waals surface area contributed by atoms with Gasteiger partial charge in [0.15, 0.2) is 0 Å². The lowest BCUT2D eigenvalue weighted by molar-refractivity contribution is -0.304. The van der Waals surface area contributed by atoms with Crippen molar-refractivity contribution in [3.05, 3.63) is 59.1 Å². The number of imide groups is 1. The molecule has 1 N–H and O–H groups in total. The quantitative estimate of drug-likeness (QED) is 0.816. The maximum absolute atomic E-state index is 12.6. The maximum atomic E-state index is 12.6. The van der Waals surface area contributed by atoms with E-state index in [0.29, 0.717) is 22.0 Å². The van der Waals surface area contributed by atoms with Crippen molar-refractivity contribution in [3.63, 3.8) is 0 Å². The van der Waals surface area contributed by atoms with Crippen LogP contribution in [-0.2, 0) is 20.8 Å². The van der Waals surface area contributed by atoms with Crippen LogP contribution in [0.3, 0.4) is 0 Å². The number of carboxylic acid groups (broad SMARTS) is 1. The van der Waals surface area contributed by atoms with E-state index < -0.39 is 12.0 Å². The first-order valence-electron chi connectivity index (χ1n) is 7.62. The van der Waals surface area contributed by atoms with Crippen LogP contribution in [0.15, 0.2) is 48.5 Å². The smallest absolute Gasteiger partial charge is 0.256 e. The highest BCUT2D eigenvalue weighted by Gasteiger charge is 2.39. The van der Waals surface area contributed by atoms with Gasteiger partial charge in [-0.15, -0.1) is 0 Å². The fraction of sp³-hybridized carbons (Fsp3) is 0.167. The number of rotatable bonds is 5. The molecule has 3 rings (SSSR count). The molecular weight excluding hydrogens is 344 g/mol. The van der Waals surface area contributed by atoms with Crippen LogP contribution in [0.2, 0.25) is 5.02 Å². The van der Waals surface area contributed by atoms with E-state index in [9.17, 15) is 19.5 Å². The molecule has 0 aromatic heterocycles. The van der Waals surface area contributed by atoms with E-state index in [2.05, 4.69) is 5.32 Å². The second kappa shape index (κ2) is 6.94. The zero-order chi connectivity index (χ0) is 18.0. The zero-order valence-corrected chi connectivity index (χ0v) is 13.8. The molecule has 1 aliphatic heterocycles. The van der Waals surface area contributed by atoms with Gasteiger partial charge in [0, 0.05) is 23.1 Å². The molecule has 25 heavy (non-hydrogen) atoms. The van der Waals surface area contributed by atoms with Crippen molar-refractivity contribution in [1.82, 2.24) is 0 Å². The van der Waals surface area contributed by atoms with E-state index in [1.807, 2.05) is 0 Å². The molecule has 7 heteroatoms. The molecule has 1 aliphatic rings. The lowest BCUT2D eigenvalue weighted by Gasteiger charge is -2.16. The van der Waals surface area contributed by atoms with Gasteiger partial charge in [-0.05, 0) is 35.9 Å². The molecule has 1 fully saturated rings. The average Bonchev–Trinajstić information content (AvgIpc) is 2.83. The van der Waals surface area contributed by atoms with Gasteiger partial charge in [-0.3, -0.25) is 9.59 Å². The number of hydrogen-bond acceptors (Lipinski definition) is 5. The molecular formula is C18H14ClN2O4-. The Morgan fingerprint density at radius 3 is 2.56 bits per heavy atom. The maximum Gasteiger partial charge on any atom is 0.256 e. The second-order valence-electron chi connectivity index (χ2n) is 5.69. The van der Waals surface area contributed by atoms with Crippen LogP contribution in [-0.4, -0.2) is 23.8 Å². The van der Waals surface area contributed by atoms with Crippen molar-refractivity contribution in [2.24, 2.45) is 0 Å². The fourth-order valence-corrected chi connectivity index (χ4v) is 2.90. The number of anilines is 2. The van der Waals surface area contributed by atoms with E-state index in [1.54, 1.807) is 48.5 Å². The van der Waals surface area contributed by atoms with Crippen molar-refractivity contribution in [2.75, 3.05) is 10.2 Å². The minimum atomic E-state index is -1.16. The number of carbonyl (C=O) groups is 3. The van der Waals surface area contributed by atoms with Crippen LogP contribution in [0.4, 0.5) is 11.4 Å². The summed E-state index contributed by atoms with van der Waals surface area (Å²) in [5, 5.41) is 14.0. The summed E-state index contributed by atoms with van der Waals surface area (Å²) in [6.45, 7) is 0. The van der Waals surface area contributed by atoms with Crippen LogP contribution in [0.5, 0.6) is 0 Å². The third-order valence-electron chi connectivity index (χ3n) is 3.86. The summed E-state index contributed by atoms with van der Waals surface area (Å²) in [5.74, 6) is -1.82. The van der Waals surface area contributed by atoms with Crippen LogP contribution in [0, 0.1) is 0 Å². The summed E-state index contributed by atoms with van der Waals surface area (Å²) in [6.07, 6.45) is -0.143. The topological polar surface area (TPSA) is 89.5 Å². The Bertz CT molecular complexity index is 835. The van der Waals surface area contributed by atoms with Crippen molar-refractivity contribution in [1.29, 1.82) is 0 Å². The predicted octanol–water partition coefficient (Wildman–Crippen LogP) is 1.38. The Hall–Kier alpha value is -2.86. The summed E-state index contributed by atoms with van der Waals surface area (Å²) in [7, 11) is 0. The Balaban J connectivity index is 1.73. The molecule has 0 radical (unpaired) electrons. The number of halogens is 1. The number of amides is 2. The molecule has 0 saturated carbocycles. The van der Waals surface area contributed by atoms with Crippen LogP contribution >= 0.6 is 11.6 Å². The number of nitrogens with zero attached hydrogens (tertiary/aromatic N) is 1. The lowest BCUT2D eigenvalue weighted by atomic mass is 10.1. The van der Waals surface area contributed by atoms with Crippen molar-refractivity contribution in [2.45, 2.75) is 18.9 Å². The number of nitrogens with one attached hydrogen (secondary N) is 1. The number of hydrogen-bond donors (Lipinski definition) is 1. The molecule has 2 aromatic rings. The minimum Gasteiger partial charge on any atom is -0.550 e. The first-order valence-corrected chi connectivity index (χ1v) is 7.99. The highest BCUT2D eigenvalue weighted by Crippen LogP contribution is 2.27. The first kappa shape index (κ1) is 17.0. The Morgan fingerprint density at radius 1 is 1.20 bits per heavy atom. The number of benzene rings is 2. The lowest BCUT2D eigenvalue weighted by Crippen LogP contribution is -2.34. The van der Waals surface area contributed by atoms with Crippen molar-refractivity contribution < 1.29 is 19.5 Å². The Labute approximate surface area is 149 Å². The van der Waals surface area contributed by atoms with Gasteiger partial charge in [-0.1, -0.05) is 29.8 Å². The highest BCUT2D eigenvalue weighted by atomic mass is 35.5. The van der Waals surface area contributed by atoms with E-state index in [0.717, 1.165) is 4.90 Å². The molecule has 2 amide bonds. The second-order valence-corrected chi connectivity index (χ2v) is 6.13. The third-order valence-corrected chi connectivity index (χ3v) is 4.09. The van der Waals surface area contributed by atoms with E-state index in [1.165, 1.54) is 0 Å². The first-order chi connectivity index (χ1) is 11.9. The summed E-state index contributed by atoms with van der Waals surface area (Å²) in [4.78, 5) is 36.5. The molecule has 0 aliphatic carbocycles. The average molecular weight is 358 g/mol. The number of carboxylic acids is 1. The third kappa shape index (κ3) is 3.80. The molecule has 0 bridgehead atoms. The molecule has 2 aromatic carbocycles. The molecule has 0 spiro atoms. The summed E-state index contributed by atoms with van der Waals surface area (Å²) < 4.78 is 0. The highest BCUT2D eigenvalue weighted by molar-refractivity contribution is 6.31. The van der Waals surface area contributed by atoms with Crippen molar-refractivity contribution in [3.8, 4) is 0 Å². The van der Waals surface area contributed by atoms with Gasteiger partial charge < -0.3 is 15.2 Å². The van der Waals surface area contributed by atoms with Gasteiger partial charge >= 0.3 is 0 Å². The zero-order valence-electron chi connectivity index (χ0n) is 13.1. The molecule has 0 unspecified atom stereocenters. The molecule has 1 atom stereocenters. The normalized spacial score (nSPS) is 17.0. The monoisotopic (exact) mass is 357 g/mol. The molecule has 6 nitrogen and oxygen atoms in total. The van der Waals surface area contributed by atoms with E-state index in [-0.39, 0.29) is 24.7 Å². The molecule has 128 valence electrons. The van der Waals surface area contributed by atoms with Gasteiger partial charge in [0.05, 0.1) is 12.1 Å². The summed E-state index contributed by atoms with van der Waals surface area (Å²) in [6, 6.07) is 12.5. The number of carbonyl (C=O) groups excluding carboxylic acids is 3. The van der Waals surface area contributed by atoms with E-state index >= 15 is 0 Å². The van der Waals surface area contributed by atoms with Gasteiger partial charge in [0.1, 0.15) is 6.04 Å². The Morgan fingerprint density at radius 2 is 1.92 bits per heavy atom. The minimum absolute atomic E-state index is 0.0339. The molecule has 1 saturated heterocycles. The van der Waals surface area contributed by atoms with Gasteiger partial charge in [0.25, 0.3) is 5.91 Å². The fourth-order valence-electron chi connectivity index (χ4n) is 2.72.